The van der Waals surface area contributed by atoms with E-state index in [1.807, 2.05) is 6.92 Å². The Morgan fingerprint density at radius 3 is 3.00 bits per heavy atom. The summed E-state index contributed by atoms with van der Waals surface area (Å²) >= 11 is 3.59. The van der Waals surface area contributed by atoms with Crippen LogP contribution in [0.1, 0.15) is 24.6 Å². The first-order valence-corrected chi connectivity index (χ1v) is 8.01. The first kappa shape index (κ1) is 13.7. The Hall–Kier alpha value is -0.680. The molecule has 2 heterocycles. The van der Waals surface area contributed by atoms with Crippen LogP contribution in [-0.4, -0.2) is 17.8 Å². The lowest BCUT2D eigenvalue weighted by Gasteiger charge is -2.04. The monoisotopic (exact) mass is 281 g/mol. The molecule has 0 saturated carbocycles. The molecule has 0 aliphatic carbocycles. The molecular weight excluding hydrogens is 262 g/mol. The normalized spacial score (nSPS) is 12.8. The molecule has 0 fully saturated rings. The minimum absolute atomic E-state index is 0.182. The summed E-state index contributed by atoms with van der Waals surface area (Å²) in [4.78, 5) is 2.71. The van der Waals surface area contributed by atoms with Crippen molar-refractivity contribution in [1.82, 2.24) is 5.32 Å². The van der Waals surface area contributed by atoms with Crippen molar-refractivity contribution in [2.24, 2.45) is 0 Å². The third-order valence-electron chi connectivity index (χ3n) is 2.73. The van der Waals surface area contributed by atoms with Crippen LogP contribution in [0.5, 0.6) is 0 Å². The largest absolute Gasteiger partial charge is 0.393 e. The van der Waals surface area contributed by atoms with Crippen molar-refractivity contribution in [2.45, 2.75) is 32.4 Å². The molecule has 2 aromatic heterocycles. The predicted molar refractivity (Wildman–Crippen MR) is 80.3 cm³/mol. The van der Waals surface area contributed by atoms with Crippen LogP contribution >= 0.6 is 22.7 Å². The van der Waals surface area contributed by atoms with Gasteiger partial charge in [-0.15, -0.1) is 22.7 Å². The first-order chi connectivity index (χ1) is 8.75. The molecule has 98 valence electrons. The van der Waals surface area contributed by atoms with Gasteiger partial charge in [0, 0.05) is 21.9 Å². The molecule has 0 bridgehead atoms. The van der Waals surface area contributed by atoms with Crippen LogP contribution in [0, 0.1) is 0 Å². The number of rotatable bonds is 7. The Balaban J connectivity index is 1.74. The molecule has 2 N–H and O–H groups in total. The van der Waals surface area contributed by atoms with Gasteiger partial charge in [0.25, 0.3) is 0 Å². The van der Waals surface area contributed by atoms with E-state index in [1.54, 1.807) is 22.7 Å². The second-order valence-corrected chi connectivity index (χ2v) is 6.39. The molecule has 0 radical (unpaired) electrons. The highest BCUT2D eigenvalue weighted by atomic mass is 32.1. The van der Waals surface area contributed by atoms with Gasteiger partial charge in [-0.05, 0) is 49.2 Å². The van der Waals surface area contributed by atoms with Gasteiger partial charge in [-0.25, -0.2) is 0 Å². The van der Waals surface area contributed by atoms with Crippen molar-refractivity contribution in [2.75, 3.05) is 6.54 Å². The fourth-order valence-corrected chi connectivity index (χ4v) is 3.42. The third-order valence-corrected chi connectivity index (χ3v) is 4.59. The van der Waals surface area contributed by atoms with E-state index >= 15 is 0 Å². The summed E-state index contributed by atoms with van der Waals surface area (Å²) < 4.78 is 0. The average Bonchev–Trinajstić information content (AvgIpc) is 2.98. The molecule has 1 atom stereocenters. The van der Waals surface area contributed by atoms with Gasteiger partial charge in [0.05, 0.1) is 6.10 Å². The van der Waals surface area contributed by atoms with E-state index in [2.05, 4.69) is 34.3 Å². The number of thiophene rings is 2. The smallest absolute Gasteiger partial charge is 0.0512 e. The fourth-order valence-electron chi connectivity index (χ4n) is 1.78. The molecular formula is C14H19NOS2. The zero-order valence-electron chi connectivity index (χ0n) is 10.6. The Morgan fingerprint density at radius 2 is 2.28 bits per heavy atom. The molecule has 2 aromatic rings. The minimum Gasteiger partial charge on any atom is -0.393 e. The van der Waals surface area contributed by atoms with Gasteiger partial charge in [-0.2, -0.15) is 0 Å². The van der Waals surface area contributed by atoms with Crippen molar-refractivity contribution in [3.8, 4) is 10.4 Å². The van der Waals surface area contributed by atoms with Crippen molar-refractivity contribution in [3.63, 3.8) is 0 Å². The lowest BCUT2D eigenvalue weighted by Crippen LogP contribution is -2.15. The van der Waals surface area contributed by atoms with E-state index < -0.39 is 0 Å². The molecule has 2 rings (SSSR count). The molecule has 0 aliphatic heterocycles. The highest BCUT2D eigenvalue weighted by Crippen LogP contribution is 2.29. The molecule has 4 heteroatoms. The van der Waals surface area contributed by atoms with Crippen LogP contribution in [0.25, 0.3) is 10.4 Å². The van der Waals surface area contributed by atoms with Crippen molar-refractivity contribution < 1.29 is 5.11 Å². The lowest BCUT2D eigenvalue weighted by atomic mass is 10.2. The Morgan fingerprint density at radius 1 is 1.39 bits per heavy atom. The van der Waals surface area contributed by atoms with Gasteiger partial charge >= 0.3 is 0 Å². The van der Waals surface area contributed by atoms with E-state index in [1.165, 1.54) is 15.3 Å². The van der Waals surface area contributed by atoms with Crippen molar-refractivity contribution >= 4 is 22.7 Å². The number of hydrogen-bond acceptors (Lipinski definition) is 4. The molecule has 18 heavy (non-hydrogen) atoms. The van der Waals surface area contributed by atoms with Gasteiger partial charge in [0.15, 0.2) is 0 Å². The number of aliphatic hydroxyl groups excluding tert-OH is 1. The summed E-state index contributed by atoms with van der Waals surface area (Å²) in [5.41, 5.74) is 1.33. The third kappa shape index (κ3) is 4.21. The maximum atomic E-state index is 9.15. The Labute approximate surface area is 116 Å². The quantitative estimate of drug-likeness (QED) is 0.758. The summed E-state index contributed by atoms with van der Waals surface area (Å²) in [5.74, 6) is 0. The highest BCUT2D eigenvalue weighted by Gasteiger charge is 2.03. The summed E-state index contributed by atoms with van der Waals surface area (Å²) in [5, 5.41) is 16.9. The van der Waals surface area contributed by atoms with Crippen LogP contribution in [0.2, 0.25) is 0 Å². The Bertz CT molecular complexity index is 448. The number of hydrogen-bond donors (Lipinski definition) is 2. The summed E-state index contributed by atoms with van der Waals surface area (Å²) in [6.45, 7) is 3.74. The lowest BCUT2D eigenvalue weighted by molar-refractivity contribution is 0.181. The van der Waals surface area contributed by atoms with E-state index in [9.17, 15) is 0 Å². The van der Waals surface area contributed by atoms with Crippen molar-refractivity contribution in [1.29, 1.82) is 0 Å². The maximum absolute atomic E-state index is 9.15. The van der Waals surface area contributed by atoms with Crippen LogP contribution in [0.3, 0.4) is 0 Å². The second-order valence-electron chi connectivity index (χ2n) is 4.45. The van der Waals surface area contributed by atoms with Crippen LogP contribution in [0.4, 0.5) is 0 Å². The van der Waals surface area contributed by atoms with Gasteiger partial charge in [-0.3, -0.25) is 0 Å². The number of aliphatic hydroxyl groups is 1. The van der Waals surface area contributed by atoms with Crippen LogP contribution in [0.15, 0.2) is 29.0 Å². The first-order valence-electron chi connectivity index (χ1n) is 6.26. The SMILES string of the molecule is CC(O)CCCNCc1cc(-c2cccs2)cs1. The second kappa shape index (κ2) is 7.04. The topological polar surface area (TPSA) is 32.3 Å². The molecule has 0 saturated heterocycles. The molecule has 0 aromatic carbocycles. The van der Waals surface area contributed by atoms with Gasteiger partial charge in [0.1, 0.15) is 0 Å². The number of nitrogens with one attached hydrogen (secondary N) is 1. The summed E-state index contributed by atoms with van der Waals surface area (Å²) in [6, 6.07) is 6.51. The van der Waals surface area contributed by atoms with E-state index in [0.717, 1.165) is 25.9 Å². The van der Waals surface area contributed by atoms with Crippen LogP contribution in [-0.2, 0) is 6.54 Å². The van der Waals surface area contributed by atoms with Gasteiger partial charge < -0.3 is 10.4 Å². The molecule has 2 nitrogen and oxygen atoms in total. The summed E-state index contributed by atoms with van der Waals surface area (Å²) in [6.07, 6.45) is 1.72. The zero-order chi connectivity index (χ0) is 12.8. The zero-order valence-corrected chi connectivity index (χ0v) is 12.2. The van der Waals surface area contributed by atoms with E-state index in [4.69, 9.17) is 5.11 Å². The molecule has 1 unspecified atom stereocenters. The summed E-state index contributed by atoms with van der Waals surface area (Å²) in [7, 11) is 0. The highest BCUT2D eigenvalue weighted by molar-refractivity contribution is 7.14. The molecule has 0 aliphatic rings. The Kier molecular flexibility index (Phi) is 5.38. The van der Waals surface area contributed by atoms with E-state index in [-0.39, 0.29) is 6.10 Å². The minimum atomic E-state index is -0.182. The molecule has 0 spiro atoms. The van der Waals surface area contributed by atoms with E-state index in [0.29, 0.717) is 0 Å². The van der Waals surface area contributed by atoms with Gasteiger partial charge in [0.2, 0.25) is 0 Å². The maximum Gasteiger partial charge on any atom is 0.0512 e. The van der Waals surface area contributed by atoms with Crippen LogP contribution < -0.4 is 5.32 Å². The van der Waals surface area contributed by atoms with Gasteiger partial charge in [-0.1, -0.05) is 6.07 Å². The fraction of sp³-hybridized carbons (Fsp3) is 0.429. The standard InChI is InChI=1S/C14H19NOS2/c1-11(16)4-2-6-15-9-13-8-12(10-18-13)14-5-3-7-17-14/h3,5,7-8,10-11,15-16H,2,4,6,9H2,1H3. The molecule has 0 amide bonds. The predicted octanol–water partition coefficient (Wildman–Crippen LogP) is 3.73. The average molecular weight is 281 g/mol. The van der Waals surface area contributed by atoms with Crippen molar-refractivity contribution in [3.05, 3.63) is 33.8 Å².